The van der Waals surface area contributed by atoms with E-state index in [4.69, 9.17) is 10.2 Å². The van der Waals surface area contributed by atoms with Crippen LogP contribution >= 0.6 is 11.8 Å². The van der Waals surface area contributed by atoms with E-state index in [1.165, 1.54) is 25.7 Å². The second-order valence-electron chi connectivity index (χ2n) is 7.40. The molecule has 1 fully saturated rings. The first-order valence-electron chi connectivity index (χ1n) is 10.5. The quantitative estimate of drug-likeness (QED) is 0.278. The molecule has 0 spiro atoms. The van der Waals surface area contributed by atoms with Crippen molar-refractivity contribution in [2.45, 2.75) is 76.1 Å². The van der Waals surface area contributed by atoms with E-state index in [1.807, 2.05) is 12.2 Å². The highest BCUT2D eigenvalue weighted by atomic mass is 32.2. The highest BCUT2D eigenvalue weighted by Gasteiger charge is 2.40. The number of aliphatic carboxylic acids is 1. The monoisotopic (exact) mass is 412 g/mol. The van der Waals surface area contributed by atoms with Gasteiger partial charge < -0.3 is 15.3 Å². The number of hydrogen-bond acceptors (Lipinski definition) is 5. The number of carbonyl (C=O) groups is 2. The van der Waals surface area contributed by atoms with Gasteiger partial charge in [-0.25, -0.2) is 4.79 Å². The van der Waals surface area contributed by atoms with Crippen LogP contribution in [0.25, 0.3) is 0 Å². The molecule has 1 unspecified atom stereocenters. The molecule has 3 N–H and O–H groups in total. The molecular weight excluding hydrogens is 376 g/mol. The average Bonchev–Trinajstić information content (AvgIpc) is 2.97. The number of carboxylic acid groups (broad SMARTS) is 1. The zero-order valence-corrected chi connectivity index (χ0v) is 17.8. The summed E-state index contributed by atoms with van der Waals surface area (Å²) in [5.41, 5.74) is 0. The van der Waals surface area contributed by atoms with Crippen molar-refractivity contribution in [1.82, 2.24) is 0 Å². The van der Waals surface area contributed by atoms with Crippen molar-refractivity contribution in [3.8, 4) is 0 Å². The van der Waals surface area contributed by atoms with Gasteiger partial charge in [-0.05, 0) is 38.0 Å². The molecule has 4 atom stereocenters. The van der Waals surface area contributed by atoms with Crippen LogP contribution in [-0.2, 0) is 9.59 Å². The predicted molar refractivity (Wildman–Crippen MR) is 114 cm³/mol. The van der Waals surface area contributed by atoms with Crippen molar-refractivity contribution < 1.29 is 24.9 Å². The normalized spacial score (nSPS) is 23.8. The maximum atomic E-state index is 12.5. The summed E-state index contributed by atoms with van der Waals surface area (Å²) in [5.74, 6) is -0.152. The minimum Gasteiger partial charge on any atom is -0.479 e. The summed E-state index contributed by atoms with van der Waals surface area (Å²) >= 11 is 1.68. The number of ketones is 1. The highest BCUT2D eigenvalue weighted by Crippen LogP contribution is 2.40. The molecule has 1 saturated carbocycles. The lowest BCUT2D eigenvalue weighted by Crippen LogP contribution is -2.18. The molecule has 160 valence electrons. The zero-order chi connectivity index (χ0) is 20.8. The molecular formula is C22H36O5S. The summed E-state index contributed by atoms with van der Waals surface area (Å²) in [7, 11) is 0. The number of aliphatic hydroxyl groups is 2. The molecule has 0 aliphatic heterocycles. The first-order valence-corrected chi connectivity index (χ1v) is 11.5. The summed E-state index contributed by atoms with van der Waals surface area (Å²) in [5, 5.41) is 27.3. The Bertz CT molecular complexity index is 517. The average molecular weight is 413 g/mol. The Labute approximate surface area is 173 Å². The molecule has 0 aromatic carbocycles. The fraction of sp³-hybridized carbons (Fsp3) is 0.727. The number of aliphatic hydroxyl groups excluding tert-OH is 2. The van der Waals surface area contributed by atoms with Crippen LogP contribution in [0.4, 0.5) is 0 Å². The predicted octanol–water partition coefficient (Wildman–Crippen LogP) is 3.98. The van der Waals surface area contributed by atoms with Gasteiger partial charge >= 0.3 is 5.97 Å². The number of rotatable bonds is 15. The minimum absolute atomic E-state index is 0.0521. The Morgan fingerprint density at radius 2 is 2.00 bits per heavy atom. The van der Waals surface area contributed by atoms with Crippen LogP contribution in [0.2, 0.25) is 0 Å². The van der Waals surface area contributed by atoms with Crippen LogP contribution in [0, 0.1) is 11.8 Å². The molecule has 0 heterocycles. The Balaban J connectivity index is 2.58. The van der Waals surface area contributed by atoms with E-state index in [2.05, 4.69) is 19.1 Å². The maximum absolute atomic E-state index is 12.5. The summed E-state index contributed by atoms with van der Waals surface area (Å²) in [4.78, 5) is 23.1. The molecule has 5 nitrogen and oxygen atoms in total. The summed E-state index contributed by atoms with van der Waals surface area (Å²) in [6, 6.07) is 0. The van der Waals surface area contributed by atoms with Gasteiger partial charge in [-0.1, -0.05) is 50.5 Å². The van der Waals surface area contributed by atoms with Gasteiger partial charge in [-0.15, -0.1) is 0 Å². The Morgan fingerprint density at radius 3 is 2.68 bits per heavy atom. The van der Waals surface area contributed by atoms with Crippen LogP contribution in [0.1, 0.15) is 64.7 Å². The van der Waals surface area contributed by atoms with Crippen molar-refractivity contribution in [1.29, 1.82) is 0 Å². The van der Waals surface area contributed by atoms with Gasteiger partial charge in [0.25, 0.3) is 0 Å². The Kier molecular flexibility index (Phi) is 13.2. The lowest BCUT2D eigenvalue weighted by atomic mass is 9.91. The van der Waals surface area contributed by atoms with E-state index in [0.717, 1.165) is 6.42 Å². The number of carboxylic acids is 1. The summed E-state index contributed by atoms with van der Waals surface area (Å²) in [6.45, 7) is 2.32. The van der Waals surface area contributed by atoms with Gasteiger partial charge in [0, 0.05) is 23.3 Å². The van der Waals surface area contributed by atoms with Gasteiger partial charge in [0.2, 0.25) is 0 Å². The largest absolute Gasteiger partial charge is 0.479 e. The SMILES string of the molecule is CCCCCC/C=C/[C@H]1[C@H](SCCO)CC(=O)[C@@H]1C/C=C\CCC(O)C(=O)O. The number of Topliss-reactive ketones (excluding diaryl/α,β-unsaturated/α-hetero) is 1. The number of unbranched alkanes of at least 4 members (excludes halogenated alkanes) is 4. The van der Waals surface area contributed by atoms with Gasteiger partial charge in [-0.2, -0.15) is 11.8 Å². The lowest BCUT2D eigenvalue weighted by Gasteiger charge is -2.19. The molecule has 1 aliphatic rings. The summed E-state index contributed by atoms with van der Waals surface area (Å²) < 4.78 is 0. The smallest absolute Gasteiger partial charge is 0.332 e. The first-order chi connectivity index (χ1) is 13.5. The molecule has 0 saturated heterocycles. The second kappa shape index (κ2) is 14.8. The third-order valence-corrected chi connectivity index (χ3v) is 6.49. The fourth-order valence-electron chi connectivity index (χ4n) is 3.56. The maximum Gasteiger partial charge on any atom is 0.332 e. The number of thioether (sulfide) groups is 1. The van der Waals surface area contributed by atoms with Crippen molar-refractivity contribution in [3.05, 3.63) is 24.3 Å². The molecule has 0 amide bonds. The molecule has 1 rings (SSSR count). The topological polar surface area (TPSA) is 94.8 Å². The zero-order valence-electron chi connectivity index (χ0n) is 17.0. The standard InChI is InChI=1S/C22H36O5S/c1-2-3-4-5-6-8-12-18-17(20(25)16-21(18)28-15-14-23)11-9-7-10-13-19(24)22(26)27/h7-9,12,17-19,21,23-24H,2-6,10-11,13-16H2,1H3,(H,26,27)/b9-7-,12-8+/t17-,18-,19?,21-/m1/s1. The van der Waals surface area contributed by atoms with Gasteiger partial charge in [0.1, 0.15) is 5.78 Å². The molecule has 28 heavy (non-hydrogen) atoms. The van der Waals surface area contributed by atoms with Crippen LogP contribution in [0.3, 0.4) is 0 Å². The van der Waals surface area contributed by atoms with E-state index in [-0.39, 0.29) is 35.9 Å². The lowest BCUT2D eigenvalue weighted by molar-refractivity contribution is -0.146. The second-order valence-corrected chi connectivity index (χ2v) is 8.75. The molecule has 0 bridgehead atoms. The fourth-order valence-corrected chi connectivity index (χ4v) is 4.75. The Hall–Kier alpha value is -1.11. The van der Waals surface area contributed by atoms with Gasteiger partial charge in [-0.3, -0.25) is 4.79 Å². The van der Waals surface area contributed by atoms with Crippen LogP contribution in [0.15, 0.2) is 24.3 Å². The van der Waals surface area contributed by atoms with E-state index >= 15 is 0 Å². The third-order valence-electron chi connectivity index (χ3n) is 5.16. The van der Waals surface area contributed by atoms with Crippen molar-refractivity contribution >= 4 is 23.5 Å². The Morgan fingerprint density at radius 1 is 1.21 bits per heavy atom. The summed E-state index contributed by atoms with van der Waals surface area (Å²) in [6.07, 6.45) is 14.7. The van der Waals surface area contributed by atoms with Crippen molar-refractivity contribution in [2.24, 2.45) is 11.8 Å². The third kappa shape index (κ3) is 9.39. The number of allylic oxidation sites excluding steroid dienone is 4. The van der Waals surface area contributed by atoms with Crippen molar-refractivity contribution in [3.63, 3.8) is 0 Å². The number of carbonyl (C=O) groups excluding carboxylic acids is 1. The molecule has 0 aromatic heterocycles. The molecule has 6 heteroatoms. The van der Waals surface area contributed by atoms with E-state index in [1.54, 1.807) is 11.8 Å². The molecule has 0 radical (unpaired) electrons. The van der Waals surface area contributed by atoms with Gasteiger partial charge in [0.15, 0.2) is 6.10 Å². The minimum atomic E-state index is -1.33. The van der Waals surface area contributed by atoms with E-state index in [9.17, 15) is 14.7 Å². The molecule has 0 aromatic rings. The highest BCUT2D eigenvalue weighted by molar-refractivity contribution is 8.00. The van der Waals surface area contributed by atoms with Gasteiger partial charge in [0.05, 0.1) is 6.61 Å². The molecule has 1 aliphatic carbocycles. The van der Waals surface area contributed by atoms with Crippen molar-refractivity contribution in [2.75, 3.05) is 12.4 Å². The van der Waals surface area contributed by atoms with Crippen LogP contribution in [-0.4, -0.2) is 50.8 Å². The van der Waals surface area contributed by atoms with Crippen LogP contribution in [0.5, 0.6) is 0 Å². The van der Waals surface area contributed by atoms with E-state index < -0.39 is 12.1 Å². The van der Waals surface area contributed by atoms with E-state index in [0.29, 0.717) is 25.0 Å². The number of hydrogen-bond donors (Lipinski definition) is 3. The first kappa shape index (κ1) is 24.9. The van der Waals surface area contributed by atoms with Crippen LogP contribution < -0.4 is 0 Å².